The molecule has 1 unspecified atom stereocenters. The van der Waals surface area contributed by atoms with Crippen LogP contribution in [0.3, 0.4) is 0 Å². The average Bonchev–Trinajstić information content (AvgIpc) is 3.26. The standard InChI is InChI=1S/C20H34N4O2/c1-2-5-19(25)23-13-10-16(14-23)22-11-8-15(9-12-22)24-18-7-4-3-6-17(18)21-20(24)26/h15-18H,2-14H2,1H3,(H,21,26)/t16?,17-,18-/m1/s1. The Kier molecular flexibility index (Phi) is 5.39. The lowest BCUT2D eigenvalue weighted by molar-refractivity contribution is -0.130. The van der Waals surface area contributed by atoms with Crippen molar-refractivity contribution in [2.24, 2.45) is 0 Å². The fourth-order valence-electron chi connectivity index (χ4n) is 5.60. The first-order chi connectivity index (χ1) is 12.7. The second kappa shape index (κ2) is 7.75. The van der Waals surface area contributed by atoms with E-state index in [2.05, 4.69) is 26.9 Å². The second-order valence-electron chi connectivity index (χ2n) is 8.61. The Morgan fingerprint density at radius 1 is 1.04 bits per heavy atom. The summed E-state index contributed by atoms with van der Waals surface area (Å²) in [5.74, 6) is 0.321. The minimum atomic E-state index is 0.178. The van der Waals surface area contributed by atoms with Crippen molar-refractivity contribution in [3.8, 4) is 0 Å². The molecule has 0 aromatic heterocycles. The third-order valence-corrected chi connectivity index (χ3v) is 7.02. The molecule has 4 fully saturated rings. The number of piperidine rings is 1. The van der Waals surface area contributed by atoms with Gasteiger partial charge < -0.3 is 15.1 Å². The molecule has 4 aliphatic rings. The smallest absolute Gasteiger partial charge is 0.318 e. The van der Waals surface area contributed by atoms with Gasteiger partial charge in [-0.25, -0.2) is 4.79 Å². The molecule has 6 nitrogen and oxygen atoms in total. The highest BCUT2D eigenvalue weighted by molar-refractivity contribution is 5.78. The van der Waals surface area contributed by atoms with Gasteiger partial charge in [0.15, 0.2) is 0 Å². The maximum atomic E-state index is 12.5. The third-order valence-electron chi connectivity index (χ3n) is 7.02. The first-order valence-electron chi connectivity index (χ1n) is 10.8. The quantitative estimate of drug-likeness (QED) is 0.834. The summed E-state index contributed by atoms with van der Waals surface area (Å²) in [6.07, 6.45) is 9.71. The minimum Gasteiger partial charge on any atom is -0.341 e. The molecule has 6 heteroatoms. The van der Waals surface area contributed by atoms with Gasteiger partial charge in [-0.1, -0.05) is 19.8 Å². The Balaban J connectivity index is 1.29. The number of urea groups is 1. The van der Waals surface area contributed by atoms with Crippen LogP contribution in [-0.2, 0) is 4.79 Å². The molecule has 0 bridgehead atoms. The number of hydrogen-bond donors (Lipinski definition) is 1. The van der Waals surface area contributed by atoms with Crippen molar-refractivity contribution >= 4 is 11.9 Å². The zero-order valence-corrected chi connectivity index (χ0v) is 16.2. The number of rotatable bonds is 4. The van der Waals surface area contributed by atoms with Gasteiger partial charge in [0.05, 0.1) is 12.1 Å². The molecule has 26 heavy (non-hydrogen) atoms. The van der Waals surface area contributed by atoms with Gasteiger partial charge in [0.25, 0.3) is 0 Å². The van der Waals surface area contributed by atoms with Crippen molar-refractivity contribution in [1.29, 1.82) is 0 Å². The van der Waals surface area contributed by atoms with Crippen LogP contribution in [0.15, 0.2) is 0 Å². The Bertz CT molecular complexity index is 532. The minimum absolute atomic E-state index is 0.178. The Labute approximate surface area is 157 Å². The number of fused-ring (bicyclic) bond motifs is 1. The maximum Gasteiger partial charge on any atom is 0.318 e. The van der Waals surface area contributed by atoms with Crippen molar-refractivity contribution < 1.29 is 9.59 Å². The highest BCUT2D eigenvalue weighted by Crippen LogP contribution is 2.33. The van der Waals surface area contributed by atoms with Gasteiger partial charge >= 0.3 is 6.03 Å². The molecule has 1 saturated carbocycles. The van der Waals surface area contributed by atoms with Crippen LogP contribution in [0.4, 0.5) is 4.79 Å². The summed E-state index contributed by atoms with van der Waals surface area (Å²) in [7, 11) is 0. The molecular weight excluding hydrogens is 328 g/mol. The lowest BCUT2D eigenvalue weighted by Gasteiger charge is -2.42. The lowest BCUT2D eigenvalue weighted by atomic mass is 9.89. The first kappa shape index (κ1) is 18.1. The number of amides is 3. The van der Waals surface area contributed by atoms with E-state index >= 15 is 0 Å². The molecule has 1 aliphatic carbocycles. The predicted octanol–water partition coefficient (Wildman–Crippen LogP) is 2.19. The molecule has 3 aliphatic heterocycles. The Hall–Kier alpha value is -1.30. The van der Waals surface area contributed by atoms with E-state index in [0.29, 0.717) is 36.5 Å². The first-order valence-corrected chi connectivity index (χ1v) is 10.8. The van der Waals surface area contributed by atoms with Crippen molar-refractivity contribution in [3.63, 3.8) is 0 Å². The van der Waals surface area contributed by atoms with Gasteiger partial charge in [-0.15, -0.1) is 0 Å². The van der Waals surface area contributed by atoms with Crippen LogP contribution in [-0.4, -0.2) is 77.0 Å². The van der Waals surface area contributed by atoms with Crippen LogP contribution in [0.5, 0.6) is 0 Å². The van der Waals surface area contributed by atoms with E-state index in [0.717, 1.165) is 58.3 Å². The molecule has 146 valence electrons. The number of nitrogens with zero attached hydrogens (tertiary/aromatic N) is 3. The van der Waals surface area contributed by atoms with Crippen LogP contribution in [0.25, 0.3) is 0 Å². The zero-order chi connectivity index (χ0) is 18.1. The summed E-state index contributed by atoms with van der Waals surface area (Å²) in [6.45, 7) is 6.01. The van der Waals surface area contributed by atoms with Gasteiger partial charge in [0.1, 0.15) is 0 Å². The maximum absolute atomic E-state index is 12.5. The monoisotopic (exact) mass is 362 g/mol. The van der Waals surface area contributed by atoms with Crippen molar-refractivity contribution in [1.82, 2.24) is 20.0 Å². The molecule has 3 heterocycles. The van der Waals surface area contributed by atoms with Crippen LogP contribution in [0.1, 0.15) is 64.7 Å². The van der Waals surface area contributed by atoms with Crippen LogP contribution >= 0.6 is 0 Å². The van der Waals surface area contributed by atoms with Crippen LogP contribution in [0.2, 0.25) is 0 Å². The topological polar surface area (TPSA) is 55.9 Å². The number of likely N-dealkylation sites (tertiary alicyclic amines) is 2. The van der Waals surface area contributed by atoms with E-state index in [1.165, 1.54) is 19.3 Å². The number of hydrogen-bond acceptors (Lipinski definition) is 3. The molecule has 0 spiro atoms. The average molecular weight is 363 g/mol. The molecule has 3 amide bonds. The Morgan fingerprint density at radius 2 is 1.77 bits per heavy atom. The van der Waals surface area contributed by atoms with Crippen LogP contribution < -0.4 is 5.32 Å². The summed E-state index contributed by atoms with van der Waals surface area (Å²) < 4.78 is 0. The number of carbonyl (C=O) groups is 2. The van der Waals surface area contributed by atoms with Crippen molar-refractivity contribution in [3.05, 3.63) is 0 Å². The molecule has 0 aromatic rings. The van der Waals surface area contributed by atoms with E-state index in [1.807, 2.05) is 0 Å². The number of carbonyl (C=O) groups excluding carboxylic acids is 2. The van der Waals surface area contributed by atoms with Crippen molar-refractivity contribution in [2.75, 3.05) is 26.2 Å². The molecule has 0 aromatic carbocycles. The highest BCUT2D eigenvalue weighted by Gasteiger charge is 2.44. The molecule has 0 radical (unpaired) electrons. The van der Waals surface area contributed by atoms with Gasteiger partial charge in [0.2, 0.25) is 5.91 Å². The van der Waals surface area contributed by atoms with Crippen molar-refractivity contribution in [2.45, 2.75) is 88.9 Å². The fraction of sp³-hybridized carbons (Fsp3) is 0.900. The second-order valence-corrected chi connectivity index (χ2v) is 8.61. The van der Waals surface area contributed by atoms with Gasteiger partial charge in [0, 0.05) is 44.7 Å². The number of nitrogens with one attached hydrogen (secondary N) is 1. The SMILES string of the molecule is CCCC(=O)N1CCC(N2CCC(N3C(=O)N[C@@H]4CCCC[C@H]43)CC2)C1. The highest BCUT2D eigenvalue weighted by atomic mass is 16.2. The third kappa shape index (κ3) is 3.45. The van der Waals surface area contributed by atoms with E-state index in [1.54, 1.807) is 0 Å². The summed E-state index contributed by atoms with van der Waals surface area (Å²) in [5, 5.41) is 3.23. The van der Waals surface area contributed by atoms with Crippen LogP contribution in [0, 0.1) is 0 Å². The lowest BCUT2D eigenvalue weighted by Crippen LogP contribution is -2.52. The van der Waals surface area contributed by atoms with Gasteiger partial charge in [-0.2, -0.15) is 0 Å². The van der Waals surface area contributed by atoms with E-state index in [4.69, 9.17) is 0 Å². The Morgan fingerprint density at radius 3 is 2.54 bits per heavy atom. The normalized spacial score (nSPS) is 33.4. The fourth-order valence-corrected chi connectivity index (χ4v) is 5.60. The predicted molar refractivity (Wildman–Crippen MR) is 101 cm³/mol. The van der Waals surface area contributed by atoms with E-state index in [-0.39, 0.29) is 6.03 Å². The summed E-state index contributed by atoms with van der Waals surface area (Å²) >= 11 is 0. The molecule has 3 atom stereocenters. The largest absolute Gasteiger partial charge is 0.341 e. The molecule has 1 N–H and O–H groups in total. The molecule has 4 rings (SSSR count). The molecular formula is C20H34N4O2. The summed E-state index contributed by atoms with van der Waals surface area (Å²) in [4.78, 5) is 31.5. The van der Waals surface area contributed by atoms with Gasteiger partial charge in [-0.05, 0) is 38.5 Å². The zero-order valence-electron chi connectivity index (χ0n) is 16.2. The summed E-state index contributed by atoms with van der Waals surface area (Å²) in [5.41, 5.74) is 0. The van der Waals surface area contributed by atoms with E-state index < -0.39 is 0 Å². The summed E-state index contributed by atoms with van der Waals surface area (Å²) in [6, 6.07) is 1.92. The van der Waals surface area contributed by atoms with E-state index in [9.17, 15) is 9.59 Å². The van der Waals surface area contributed by atoms with Gasteiger partial charge in [-0.3, -0.25) is 9.69 Å². The molecule has 3 saturated heterocycles.